The van der Waals surface area contributed by atoms with E-state index in [1.54, 1.807) is 0 Å². The number of aryl methyl sites for hydroxylation is 1. The molecule has 1 atom stereocenters. The van der Waals surface area contributed by atoms with E-state index in [4.69, 9.17) is 4.74 Å². The average Bonchev–Trinajstić information content (AvgIpc) is 2.85. The summed E-state index contributed by atoms with van der Waals surface area (Å²) in [5.41, 5.74) is 3.51. The third kappa shape index (κ3) is 6.73. The number of hydrogen-bond acceptors (Lipinski definition) is 3. The van der Waals surface area contributed by atoms with Gasteiger partial charge in [0.2, 0.25) is 0 Å². The molecule has 0 aromatic heterocycles. The van der Waals surface area contributed by atoms with Crippen LogP contribution in [0.2, 0.25) is 0 Å². The lowest BCUT2D eigenvalue weighted by atomic mass is 10.0. The van der Waals surface area contributed by atoms with Gasteiger partial charge in [-0.05, 0) is 48.2 Å². The minimum atomic E-state index is -0.220. The summed E-state index contributed by atoms with van der Waals surface area (Å²) in [6.07, 6.45) is 2.19. The molecule has 0 radical (unpaired) electrons. The molecule has 3 nitrogen and oxygen atoms in total. The van der Waals surface area contributed by atoms with Gasteiger partial charge in [-0.15, -0.1) is 0 Å². The van der Waals surface area contributed by atoms with Gasteiger partial charge >= 0.3 is 0 Å². The van der Waals surface area contributed by atoms with E-state index in [1.165, 1.54) is 30.7 Å². The van der Waals surface area contributed by atoms with Gasteiger partial charge < -0.3 is 9.64 Å². The van der Waals surface area contributed by atoms with Crippen LogP contribution in [-0.2, 0) is 11.2 Å². The summed E-state index contributed by atoms with van der Waals surface area (Å²) in [7, 11) is 0. The number of nitrogens with zero attached hydrogens (tertiary/aromatic N) is 2. The zero-order chi connectivity index (χ0) is 22.0. The molecule has 4 heteroatoms. The summed E-state index contributed by atoms with van der Waals surface area (Å²) in [6.45, 7) is 7.15. The number of rotatable bonds is 10. The lowest BCUT2D eigenvalue weighted by molar-refractivity contribution is 0.0451. The van der Waals surface area contributed by atoms with E-state index >= 15 is 0 Å². The van der Waals surface area contributed by atoms with Gasteiger partial charge in [-0.3, -0.25) is 4.90 Å². The number of ether oxygens (including phenoxy) is 1. The average molecular weight is 432 g/mol. The van der Waals surface area contributed by atoms with Crippen LogP contribution >= 0.6 is 0 Å². The van der Waals surface area contributed by atoms with Crippen LogP contribution in [0.1, 0.15) is 29.2 Å². The highest BCUT2D eigenvalue weighted by Crippen LogP contribution is 2.26. The zero-order valence-electron chi connectivity index (χ0n) is 18.7. The molecule has 0 bridgehead atoms. The fourth-order valence-electron chi connectivity index (χ4n) is 4.34. The Kier molecular flexibility index (Phi) is 8.43. The van der Waals surface area contributed by atoms with Crippen LogP contribution in [0.3, 0.4) is 0 Å². The summed E-state index contributed by atoms with van der Waals surface area (Å²) in [5, 5.41) is 0. The quantitative estimate of drug-likeness (QED) is 0.440. The molecule has 4 rings (SSSR count). The molecule has 1 aliphatic heterocycles. The fourth-order valence-corrected chi connectivity index (χ4v) is 4.34. The SMILES string of the molecule is [18F]c1ccc(C(OCCN2CCN(CCCc3ccccc3)CC2)c2ccccc2)cc1. The maximum atomic E-state index is 13.4. The van der Waals surface area contributed by atoms with Crippen molar-refractivity contribution in [1.29, 1.82) is 0 Å². The van der Waals surface area contributed by atoms with Crippen LogP contribution in [0.25, 0.3) is 0 Å². The second-order valence-corrected chi connectivity index (χ2v) is 8.49. The van der Waals surface area contributed by atoms with E-state index in [9.17, 15) is 4.39 Å². The van der Waals surface area contributed by atoms with Crippen molar-refractivity contribution >= 4 is 0 Å². The number of benzene rings is 3. The summed E-state index contributed by atoms with van der Waals surface area (Å²) < 4.78 is 19.7. The molecule has 0 aliphatic carbocycles. The minimum Gasteiger partial charge on any atom is -0.367 e. The van der Waals surface area contributed by atoms with Crippen molar-refractivity contribution in [2.45, 2.75) is 18.9 Å². The molecule has 1 heterocycles. The van der Waals surface area contributed by atoms with Crippen molar-refractivity contribution in [3.8, 4) is 0 Å². The molecular weight excluding hydrogens is 398 g/mol. The topological polar surface area (TPSA) is 15.7 Å². The molecule has 1 aliphatic rings. The van der Waals surface area contributed by atoms with Gasteiger partial charge in [0.15, 0.2) is 0 Å². The predicted molar refractivity (Wildman–Crippen MR) is 128 cm³/mol. The van der Waals surface area contributed by atoms with E-state index in [0.29, 0.717) is 6.61 Å². The van der Waals surface area contributed by atoms with Crippen molar-refractivity contribution in [2.24, 2.45) is 0 Å². The lowest BCUT2D eigenvalue weighted by Gasteiger charge is -2.35. The van der Waals surface area contributed by atoms with Crippen LogP contribution in [0.15, 0.2) is 84.9 Å². The Labute approximate surface area is 191 Å². The van der Waals surface area contributed by atoms with Crippen LogP contribution in [-0.4, -0.2) is 55.7 Å². The van der Waals surface area contributed by atoms with Gasteiger partial charge in [-0.1, -0.05) is 72.8 Å². The Morgan fingerprint density at radius 2 is 1.25 bits per heavy atom. The van der Waals surface area contributed by atoms with E-state index in [1.807, 2.05) is 30.3 Å². The second-order valence-electron chi connectivity index (χ2n) is 8.49. The third-order valence-corrected chi connectivity index (χ3v) is 6.21. The first-order chi connectivity index (χ1) is 15.8. The first kappa shape index (κ1) is 22.7. The third-order valence-electron chi connectivity index (χ3n) is 6.21. The van der Waals surface area contributed by atoms with Crippen LogP contribution < -0.4 is 0 Å². The summed E-state index contributed by atoms with van der Waals surface area (Å²) in [6, 6.07) is 27.6. The first-order valence-electron chi connectivity index (χ1n) is 11.7. The maximum absolute atomic E-state index is 13.4. The Morgan fingerprint density at radius 3 is 1.91 bits per heavy atom. The smallest absolute Gasteiger partial charge is 0.123 e. The van der Waals surface area contributed by atoms with Gasteiger partial charge in [-0.2, -0.15) is 0 Å². The van der Waals surface area contributed by atoms with E-state index < -0.39 is 0 Å². The molecule has 0 amide bonds. The van der Waals surface area contributed by atoms with Crippen molar-refractivity contribution in [3.63, 3.8) is 0 Å². The summed E-state index contributed by atoms with van der Waals surface area (Å²) >= 11 is 0. The van der Waals surface area contributed by atoms with Crippen LogP contribution in [0.5, 0.6) is 0 Å². The molecular formula is C28H33FN2O. The Hall–Kier alpha value is -2.53. The zero-order valence-corrected chi connectivity index (χ0v) is 18.7. The molecule has 0 saturated carbocycles. The molecule has 168 valence electrons. The number of halogens is 1. The van der Waals surface area contributed by atoms with Gasteiger partial charge in [-0.25, -0.2) is 4.39 Å². The first-order valence-corrected chi connectivity index (χ1v) is 11.7. The number of piperazine rings is 1. The van der Waals surface area contributed by atoms with Gasteiger partial charge in [0.05, 0.1) is 6.61 Å². The molecule has 0 N–H and O–H groups in total. The van der Waals surface area contributed by atoms with Gasteiger partial charge in [0, 0.05) is 32.7 Å². The maximum Gasteiger partial charge on any atom is 0.123 e. The Morgan fingerprint density at radius 1 is 0.688 bits per heavy atom. The molecule has 1 saturated heterocycles. The van der Waals surface area contributed by atoms with Gasteiger partial charge in [0.25, 0.3) is 0 Å². The fraction of sp³-hybridized carbons (Fsp3) is 0.357. The molecule has 1 fully saturated rings. The van der Waals surface area contributed by atoms with Crippen LogP contribution in [0.4, 0.5) is 4.39 Å². The van der Waals surface area contributed by atoms with Crippen molar-refractivity contribution in [1.82, 2.24) is 9.80 Å². The lowest BCUT2D eigenvalue weighted by Crippen LogP contribution is -2.47. The monoisotopic (exact) mass is 431 g/mol. The molecule has 3 aromatic carbocycles. The van der Waals surface area contributed by atoms with E-state index in [0.717, 1.165) is 50.3 Å². The molecule has 32 heavy (non-hydrogen) atoms. The van der Waals surface area contributed by atoms with Crippen molar-refractivity contribution in [2.75, 3.05) is 45.9 Å². The minimum absolute atomic E-state index is 0.170. The van der Waals surface area contributed by atoms with Crippen molar-refractivity contribution in [3.05, 3.63) is 107 Å². The van der Waals surface area contributed by atoms with Crippen molar-refractivity contribution < 1.29 is 9.13 Å². The van der Waals surface area contributed by atoms with Crippen LogP contribution in [0, 0.1) is 5.82 Å². The van der Waals surface area contributed by atoms with Gasteiger partial charge in [0.1, 0.15) is 11.9 Å². The Bertz CT molecular complexity index is 909. The normalized spacial score (nSPS) is 16.2. The molecule has 0 spiro atoms. The molecule has 1 unspecified atom stereocenters. The molecule has 3 aromatic rings. The predicted octanol–water partition coefficient (Wildman–Crippen LogP) is 5.18. The standard InChI is InChI=1S/C28H33FN2O/c29-27-15-13-26(14-16-27)28(25-11-5-2-6-12-25)32-23-22-31-20-18-30(19-21-31)17-7-10-24-8-3-1-4-9-24/h1-6,8-9,11-16,28H,7,10,17-23H2/i29-1. The number of hydrogen-bond donors (Lipinski definition) is 0. The van der Waals surface area contributed by atoms with E-state index in [-0.39, 0.29) is 11.9 Å². The summed E-state index contributed by atoms with van der Waals surface area (Å²) in [4.78, 5) is 5.06. The second kappa shape index (κ2) is 11.9. The Balaban J connectivity index is 1.21. The highest BCUT2D eigenvalue weighted by molar-refractivity contribution is 5.30. The van der Waals surface area contributed by atoms with E-state index in [2.05, 4.69) is 52.3 Å². The largest absolute Gasteiger partial charge is 0.367 e. The highest BCUT2D eigenvalue weighted by Gasteiger charge is 2.18. The highest BCUT2D eigenvalue weighted by atomic mass is 18.2. The summed E-state index contributed by atoms with van der Waals surface area (Å²) in [5.74, 6) is -0.220.